The van der Waals surface area contributed by atoms with E-state index in [2.05, 4.69) is 37.9 Å². The van der Waals surface area contributed by atoms with Crippen LogP contribution in [0.4, 0.5) is 4.39 Å². The lowest BCUT2D eigenvalue weighted by atomic mass is 10.1. The van der Waals surface area contributed by atoms with Gasteiger partial charge in [-0.1, -0.05) is 18.2 Å². The molecule has 1 aromatic rings. The molecule has 1 unspecified atom stereocenters. The quantitative estimate of drug-likeness (QED) is 0.750. The normalized spacial score (nSPS) is 13.4. The van der Waals surface area contributed by atoms with E-state index >= 15 is 0 Å². The topological polar surface area (TPSA) is 6.48 Å². The highest BCUT2D eigenvalue weighted by Crippen LogP contribution is 2.11. The molecule has 3 heteroatoms. The van der Waals surface area contributed by atoms with Gasteiger partial charge in [-0.15, -0.1) is 0 Å². The molecule has 0 fully saturated rings. The average molecular weight is 238 g/mol. The van der Waals surface area contributed by atoms with E-state index in [1.165, 1.54) is 6.07 Å². The van der Waals surface area contributed by atoms with Gasteiger partial charge in [0.25, 0.3) is 0 Å². The van der Waals surface area contributed by atoms with Gasteiger partial charge in [-0.3, -0.25) is 0 Å². The molecule has 0 bridgehead atoms. The Kier molecular flexibility index (Phi) is 5.59. The summed E-state index contributed by atoms with van der Waals surface area (Å²) in [7, 11) is 6.22. The van der Waals surface area contributed by atoms with Gasteiger partial charge in [0.05, 0.1) is 0 Å². The van der Waals surface area contributed by atoms with Crippen LogP contribution in [0.5, 0.6) is 0 Å². The van der Waals surface area contributed by atoms with Crippen molar-refractivity contribution in [1.82, 2.24) is 9.80 Å². The van der Waals surface area contributed by atoms with Crippen LogP contribution in [0.3, 0.4) is 0 Å². The van der Waals surface area contributed by atoms with Gasteiger partial charge >= 0.3 is 0 Å². The number of benzene rings is 1. The number of nitrogens with zero attached hydrogens (tertiary/aromatic N) is 2. The summed E-state index contributed by atoms with van der Waals surface area (Å²) in [5.41, 5.74) is 0.803. The first-order valence-electron chi connectivity index (χ1n) is 6.09. The summed E-state index contributed by atoms with van der Waals surface area (Å²) < 4.78 is 13.5. The van der Waals surface area contributed by atoms with Crippen molar-refractivity contribution in [2.75, 3.05) is 34.2 Å². The van der Waals surface area contributed by atoms with E-state index in [4.69, 9.17) is 0 Å². The van der Waals surface area contributed by atoms with E-state index in [1.807, 2.05) is 12.1 Å². The standard InChI is InChI=1S/C14H23FN2/c1-12(17(4)10-9-16(2)3)11-13-7-5-6-8-14(13)15/h5-8,12H,9-11H2,1-4H3. The zero-order valence-corrected chi connectivity index (χ0v) is 11.3. The summed E-state index contributed by atoms with van der Waals surface area (Å²) in [4.78, 5) is 4.43. The fraction of sp³-hybridized carbons (Fsp3) is 0.571. The SMILES string of the molecule is CC(Cc1ccccc1F)N(C)CCN(C)C. The van der Waals surface area contributed by atoms with E-state index in [1.54, 1.807) is 6.07 Å². The fourth-order valence-electron chi connectivity index (χ4n) is 1.72. The van der Waals surface area contributed by atoms with Crippen LogP contribution in [0.25, 0.3) is 0 Å². The molecule has 0 spiro atoms. The fourth-order valence-corrected chi connectivity index (χ4v) is 1.72. The lowest BCUT2D eigenvalue weighted by Gasteiger charge is -2.26. The second kappa shape index (κ2) is 6.72. The first-order valence-corrected chi connectivity index (χ1v) is 6.09. The minimum Gasteiger partial charge on any atom is -0.308 e. The maximum atomic E-state index is 13.5. The van der Waals surface area contributed by atoms with Crippen molar-refractivity contribution in [3.63, 3.8) is 0 Å². The molecular weight excluding hydrogens is 215 g/mol. The molecule has 1 atom stereocenters. The minimum absolute atomic E-state index is 0.0969. The summed E-state index contributed by atoms with van der Waals surface area (Å²) in [6, 6.07) is 7.38. The molecule has 1 rings (SSSR count). The number of hydrogen-bond acceptors (Lipinski definition) is 2. The molecule has 0 saturated heterocycles. The Morgan fingerprint density at radius 3 is 2.35 bits per heavy atom. The largest absolute Gasteiger partial charge is 0.308 e. The lowest BCUT2D eigenvalue weighted by Crippen LogP contribution is -2.36. The van der Waals surface area contributed by atoms with Crippen molar-refractivity contribution in [3.05, 3.63) is 35.6 Å². The van der Waals surface area contributed by atoms with Crippen molar-refractivity contribution in [2.24, 2.45) is 0 Å². The van der Waals surface area contributed by atoms with E-state index in [0.29, 0.717) is 6.04 Å². The molecule has 1 aromatic carbocycles. The predicted octanol–water partition coefficient (Wildman–Crippen LogP) is 2.25. The summed E-state index contributed by atoms with van der Waals surface area (Å²) in [5, 5.41) is 0. The molecule has 2 nitrogen and oxygen atoms in total. The maximum absolute atomic E-state index is 13.5. The Hall–Kier alpha value is -0.930. The van der Waals surface area contributed by atoms with E-state index in [-0.39, 0.29) is 5.82 Å². The average Bonchev–Trinajstić information content (AvgIpc) is 2.28. The van der Waals surface area contributed by atoms with Gasteiger partial charge in [-0.25, -0.2) is 4.39 Å². The van der Waals surface area contributed by atoms with Crippen LogP contribution in [-0.2, 0) is 6.42 Å². The second-order valence-electron chi connectivity index (χ2n) is 4.93. The Bertz CT molecular complexity index is 339. The van der Waals surface area contributed by atoms with Crippen LogP contribution >= 0.6 is 0 Å². The van der Waals surface area contributed by atoms with Gasteiger partial charge in [0.15, 0.2) is 0 Å². The van der Waals surface area contributed by atoms with Crippen LogP contribution < -0.4 is 0 Å². The third kappa shape index (κ3) is 4.84. The molecule has 0 aromatic heterocycles. The van der Waals surface area contributed by atoms with Crippen molar-refractivity contribution < 1.29 is 4.39 Å². The lowest BCUT2D eigenvalue weighted by molar-refractivity contribution is 0.227. The van der Waals surface area contributed by atoms with Gasteiger partial charge in [-0.05, 0) is 46.1 Å². The van der Waals surface area contributed by atoms with Crippen molar-refractivity contribution in [2.45, 2.75) is 19.4 Å². The molecule has 96 valence electrons. The third-order valence-electron chi connectivity index (χ3n) is 3.13. The van der Waals surface area contributed by atoms with Gasteiger partial charge < -0.3 is 9.80 Å². The zero-order chi connectivity index (χ0) is 12.8. The van der Waals surface area contributed by atoms with Gasteiger partial charge in [0.1, 0.15) is 5.82 Å². The third-order valence-corrected chi connectivity index (χ3v) is 3.13. The molecule has 0 aliphatic heterocycles. The molecule has 0 N–H and O–H groups in total. The minimum atomic E-state index is -0.0969. The van der Waals surface area contributed by atoms with Crippen LogP contribution in [-0.4, -0.2) is 50.1 Å². The number of halogens is 1. The Labute approximate surface area is 104 Å². The molecule has 0 radical (unpaired) electrons. The Balaban J connectivity index is 2.48. The van der Waals surface area contributed by atoms with E-state index in [0.717, 1.165) is 25.1 Å². The Morgan fingerprint density at radius 1 is 1.12 bits per heavy atom. The first kappa shape index (κ1) is 14.1. The van der Waals surface area contributed by atoms with Gasteiger partial charge in [-0.2, -0.15) is 0 Å². The summed E-state index contributed by atoms with van der Waals surface area (Å²) >= 11 is 0. The molecule has 0 amide bonds. The summed E-state index contributed by atoms with van der Waals surface area (Å²) in [6.45, 7) is 4.17. The molecule has 0 heterocycles. The van der Waals surface area contributed by atoms with Crippen LogP contribution in [0, 0.1) is 5.82 Å². The van der Waals surface area contributed by atoms with Gasteiger partial charge in [0.2, 0.25) is 0 Å². The van der Waals surface area contributed by atoms with Crippen molar-refractivity contribution in [3.8, 4) is 0 Å². The maximum Gasteiger partial charge on any atom is 0.126 e. The highest BCUT2D eigenvalue weighted by molar-refractivity contribution is 5.18. The highest BCUT2D eigenvalue weighted by Gasteiger charge is 2.12. The highest BCUT2D eigenvalue weighted by atomic mass is 19.1. The van der Waals surface area contributed by atoms with Crippen molar-refractivity contribution in [1.29, 1.82) is 0 Å². The van der Waals surface area contributed by atoms with Crippen LogP contribution in [0.1, 0.15) is 12.5 Å². The van der Waals surface area contributed by atoms with E-state index in [9.17, 15) is 4.39 Å². The number of hydrogen-bond donors (Lipinski definition) is 0. The predicted molar refractivity (Wildman–Crippen MR) is 70.8 cm³/mol. The number of rotatable bonds is 6. The summed E-state index contributed by atoms with van der Waals surface area (Å²) in [6.07, 6.45) is 0.761. The van der Waals surface area contributed by atoms with Crippen LogP contribution in [0.15, 0.2) is 24.3 Å². The first-order chi connectivity index (χ1) is 8.00. The smallest absolute Gasteiger partial charge is 0.126 e. The van der Waals surface area contributed by atoms with Gasteiger partial charge in [0, 0.05) is 19.1 Å². The van der Waals surface area contributed by atoms with Crippen molar-refractivity contribution >= 4 is 0 Å². The molecule has 0 saturated carbocycles. The Morgan fingerprint density at radius 2 is 1.76 bits per heavy atom. The second-order valence-corrected chi connectivity index (χ2v) is 4.93. The molecule has 0 aliphatic rings. The number of likely N-dealkylation sites (N-methyl/N-ethyl adjacent to an activating group) is 2. The molecule has 0 aliphatic carbocycles. The summed E-state index contributed by atoms with van der Waals surface area (Å²) in [5.74, 6) is -0.0969. The molecule has 17 heavy (non-hydrogen) atoms. The van der Waals surface area contributed by atoms with Crippen LogP contribution in [0.2, 0.25) is 0 Å². The zero-order valence-electron chi connectivity index (χ0n) is 11.3. The van der Waals surface area contributed by atoms with E-state index < -0.39 is 0 Å². The molecular formula is C14H23FN2. The monoisotopic (exact) mass is 238 g/mol.